The van der Waals surface area contributed by atoms with Crippen LogP contribution in [-0.4, -0.2) is 51.7 Å². The van der Waals surface area contributed by atoms with E-state index >= 15 is 0 Å². The van der Waals surface area contributed by atoms with Gasteiger partial charge in [0, 0.05) is 18.7 Å². The molecule has 22 heavy (non-hydrogen) atoms. The Balaban J connectivity index is 2.39. The Hall–Kier alpha value is -1.67. The number of benzene rings is 1. The number of nitrogen functional groups attached to an aromatic ring is 1. The summed E-state index contributed by atoms with van der Waals surface area (Å²) in [4.78, 5) is 5.74. The van der Waals surface area contributed by atoms with E-state index in [1.54, 1.807) is 23.1 Å². The Labute approximate surface area is 137 Å². The predicted octanol–water partition coefficient (Wildman–Crippen LogP) is 1.22. The smallest absolute Gasteiger partial charge is 0.247 e. The maximum atomic E-state index is 9.03. The fourth-order valence-electron chi connectivity index (χ4n) is 1.89. The fraction of sp³-hybridized carbons (Fsp3) is 0.308. The topological polar surface area (TPSA) is 108 Å². The van der Waals surface area contributed by atoms with Crippen molar-refractivity contribution < 1.29 is 10.2 Å². The van der Waals surface area contributed by atoms with Crippen molar-refractivity contribution in [3.8, 4) is 11.3 Å². The monoisotopic (exact) mass is 343 g/mol. The molecule has 1 aromatic carbocycles. The summed E-state index contributed by atoms with van der Waals surface area (Å²) in [6, 6.07) is 5.10. The van der Waals surface area contributed by atoms with Crippen LogP contribution in [-0.2, 0) is 0 Å². The molecule has 4 N–H and O–H groups in total. The summed E-state index contributed by atoms with van der Waals surface area (Å²) >= 11 is 12.1. The van der Waals surface area contributed by atoms with Crippen LogP contribution >= 0.6 is 23.2 Å². The van der Waals surface area contributed by atoms with E-state index in [1.807, 2.05) is 0 Å². The van der Waals surface area contributed by atoms with Gasteiger partial charge in [0.1, 0.15) is 5.69 Å². The largest absolute Gasteiger partial charge is 0.395 e. The molecule has 1 heterocycles. The molecule has 7 nitrogen and oxygen atoms in total. The Morgan fingerprint density at radius 2 is 1.77 bits per heavy atom. The number of hydrogen-bond acceptors (Lipinski definition) is 7. The highest BCUT2D eigenvalue weighted by Crippen LogP contribution is 2.34. The lowest BCUT2D eigenvalue weighted by Gasteiger charge is -2.20. The number of aromatic nitrogens is 3. The van der Waals surface area contributed by atoms with Crippen LogP contribution in [0.1, 0.15) is 0 Å². The van der Waals surface area contributed by atoms with E-state index in [2.05, 4.69) is 15.2 Å². The quantitative estimate of drug-likeness (QED) is 0.723. The van der Waals surface area contributed by atoms with Gasteiger partial charge in [0.25, 0.3) is 0 Å². The lowest BCUT2D eigenvalue weighted by molar-refractivity contribution is 0.280. The van der Waals surface area contributed by atoms with Crippen molar-refractivity contribution >= 4 is 35.0 Å². The molecule has 0 amide bonds. The van der Waals surface area contributed by atoms with Crippen molar-refractivity contribution in [3.05, 3.63) is 28.2 Å². The number of aliphatic hydroxyl groups excluding tert-OH is 2. The molecule has 0 saturated carbocycles. The average Bonchev–Trinajstić information content (AvgIpc) is 2.50. The summed E-state index contributed by atoms with van der Waals surface area (Å²) < 4.78 is 0. The number of halogens is 2. The Morgan fingerprint density at radius 3 is 2.36 bits per heavy atom. The van der Waals surface area contributed by atoms with Gasteiger partial charge in [-0.15, -0.1) is 10.2 Å². The van der Waals surface area contributed by atoms with E-state index in [4.69, 9.17) is 39.1 Å². The highest BCUT2D eigenvalue weighted by atomic mass is 35.5. The molecule has 0 bridgehead atoms. The van der Waals surface area contributed by atoms with Gasteiger partial charge >= 0.3 is 0 Å². The van der Waals surface area contributed by atoms with Gasteiger partial charge in [-0.05, 0) is 6.07 Å². The summed E-state index contributed by atoms with van der Waals surface area (Å²) in [5.74, 6) is 0.359. The van der Waals surface area contributed by atoms with Gasteiger partial charge < -0.3 is 20.8 Å². The summed E-state index contributed by atoms with van der Waals surface area (Å²) in [7, 11) is 0. The third-order valence-electron chi connectivity index (χ3n) is 2.93. The second kappa shape index (κ2) is 7.55. The van der Waals surface area contributed by atoms with Crippen LogP contribution in [0.15, 0.2) is 18.2 Å². The Morgan fingerprint density at radius 1 is 1.09 bits per heavy atom. The molecule has 0 unspecified atom stereocenters. The lowest BCUT2D eigenvalue weighted by Crippen LogP contribution is -2.31. The van der Waals surface area contributed by atoms with E-state index in [9.17, 15) is 0 Å². The minimum Gasteiger partial charge on any atom is -0.395 e. The molecule has 2 rings (SSSR count). The second-order valence-electron chi connectivity index (χ2n) is 4.38. The van der Waals surface area contributed by atoms with Gasteiger partial charge in [0.05, 0.1) is 23.3 Å². The first-order valence-electron chi connectivity index (χ1n) is 6.49. The molecule has 2 aromatic rings. The van der Waals surface area contributed by atoms with Gasteiger partial charge in [0.2, 0.25) is 5.95 Å². The lowest BCUT2D eigenvalue weighted by atomic mass is 10.1. The second-order valence-corrected chi connectivity index (χ2v) is 5.17. The summed E-state index contributed by atoms with van der Waals surface area (Å²) in [6.07, 6.45) is 0. The number of nitrogens with zero attached hydrogens (tertiary/aromatic N) is 4. The van der Waals surface area contributed by atoms with Crippen molar-refractivity contribution in [3.63, 3.8) is 0 Å². The summed E-state index contributed by atoms with van der Waals surface area (Å²) in [5.41, 5.74) is 6.79. The van der Waals surface area contributed by atoms with Crippen molar-refractivity contribution in [1.29, 1.82) is 0 Å². The zero-order chi connectivity index (χ0) is 16.1. The average molecular weight is 344 g/mol. The molecule has 9 heteroatoms. The number of hydrogen-bond donors (Lipinski definition) is 3. The third-order valence-corrected chi connectivity index (χ3v) is 3.75. The molecule has 0 atom stereocenters. The molecule has 0 fully saturated rings. The third kappa shape index (κ3) is 3.56. The van der Waals surface area contributed by atoms with Crippen LogP contribution in [0.5, 0.6) is 0 Å². The first-order valence-corrected chi connectivity index (χ1v) is 7.25. The highest BCUT2D eigenvalue weighted by molar-refractivity contribution is 6.43. The van der Waals surface area contributed by atoms with Crippen molar-refractivity contribution in [2.75, 3.05) is 36.9 Å². The van der Waals surface area contributed by atoms with E-state index in [1.165, 1.54) is 0 Å². The molecular formula is C13H15Cl2N5O2. The number of nitrogens with two attached hydrogens (primary N) is 1. The van der Waals surface area contributed by atoms with Crippen molar-refractivity contribution in [2.24, 2.45) is 0 Å². The van der Waals surface area contributed by atoms with Crippen molar-refractivity contribution in [2.45, 2.75) is 0 Å². The maximum Gasteiger partial charge on any atom is 0.247 e. The minimum atomic E-state index is -0.106. The molecule has 0 aliphatic heterocycles. The van der Waals surface area contributed by atoms with Crippen LogP contribution in [0, 0.1) is 0 Å². The Bertz CT molecular complexity index is 650. The van der Waals surface area contributed by atoms with Gasteiger partial charge in [0.15, 0.2) is 5.82 Å². The zero-order valence-electron chi connectivity index (χ0n) is 11.6. The molecule has 118 valence electrons. The van der Waals surface area contributed by atoms with Gasteiger partial charge in [-0.1, -0.05) is 35.3 Å². The number of aliphatic hydroxyl groups is 2. The SMILES string of the molecule is Nc1nc(N(CCO)CCO)nnc1-c1cccc(Cl)c1Cl. The predicted molar refractivity (Wildman–Crippen MR) is 86.1 cm³/mol. The van der Waals surface area contributed by atoms with E-state index in [0.717, 1.165) is 0 Å². The van der Waals surface area contributed by atoms with Crippen LogP contribution < -0.4 is 10.6 Å². The molecule has 0 spiro atoms. The van der Waals surface area contributed by atoms with E-state index in [-0.39, 0.29) is 38.1 Å². The van der Waals surface area contributed by atoms with Gasteiger partial charge in [-0.3, -0.25) is 0 Å². The number of anilines is 2. The normalized spacial score (nSPS) is 10.7. The standard InChI is InChI=1S/C13H15Cl2N5O2/c14-9-3-1-2-8(10(9)15)11-12(16)17-13(19-18-11)20(4-6-21)5-7-22/h1-3,21-22H,4-7H2,(H2,16,17,19). The first-order chi connectivity index (χ1) is 10.6. The number of rotatable bonds is 6. The fourth-order valence-corrected chi connectivity index (χ4v) is 2.28. The molecule has 0 saturated heterocycles. The molecule has 1 aromatic heterocycles. The molecule has 0 aliphatic carbocycles. The summed E-state index contributed by atoms with van der Waals surface area (Å²) in [5, 5.41) is 26.8. The first kappa shape index (κ1) is 16.7. The van der Waals surface area contributed by atoms with Gasteiger partial charge in [-0.25, -0.2) is 0 Å². The highest BCUT2D eigenvalue weighted by Gasteiger charge is 2.16. The zero-order valence-corrected chi connectivity index (χ0v) is 13.1. The van der Waals surface area contributed by atoms with E-state index < -0.39 is 0 Å². The molecule has 0 aliphatic rings. The van der Waals surface area contributed by atoms with Crippen LogP contribution in [0.25, 0.3) is 11.3 Å². The van der Waals surface area contributed by atoms with Crippen LogP contribution in [0.2, 0.25) is 10.0 Å². The Kier molecular flexibility index (Phi) is 5.73. The maximum absolute atomic E-state index is 9.03. The van der Waals surface area contributed by atoms with Gasteiger partial charge in [-0.2, -0.15) is 4.98 Å². The molecular weight excluding hydrogens is 329 g/mol. The minimum absolute atomic E-state index is 0.106. The van der Waals surface area contributed by atoms with Crippen molar-refractivity contribution in [1.82, 2.24) is 15.2 Å². The molecule has 0 radical (unpaired) electrons. The van der Waals surface area contributed by atoms with Crippen LogP contribution in [0.4, 0.5) is 11.8 Å². The summed E-state index contributed by atoms with van der Waals surface area (Å²) in [6.45, 7) is 0.314. The van der Waals surface area contributed by atoms with E-state index in [0.29, 0.717) is 21.3 Å². The van der Waals surface area contributed by atoms with Crippen LogP contribution in [0.3, 0.4) is 0 Å².